The van der Waals surface area contributed by atoms with E-state index < -0.39 is 0 Å². The highest BCUT2D eigenvalue weighted by atomic mass is 79.9. The molecule has 3 aliphatic carbocycles. The molecular formula is C17H19BrN2O. The summed E-state index contributed by atoms with van der Waals surface area (Å²) in [5.41, 5.74) is 4.10. The molecule has 3 nitrogen and oxygen atoms in total. The summed E-state index contributed by atoms with van der Waals surface area (Å²) in [5.74, 6) is 2.00. The third-order valence-corrected chi connectivity index (χ3v) is 5.77. The minimum atomic E-state index is 0.125. The molecule has 1 aromatic carbocycles. The van der Waals surface area contributed by atoms with Gasteiger partial charge in [0, 0.05) is 10.4 Å². The van der Waals surface area contributed by atoms with Gasteiger partial charge in [-0.3, -0.25) is 4.79 Å². The Morgan fingerprint density at radius 3 is 2.62 bits per heavy atom. The molecule has 1 atom stereocenters. The van der Waals surface area contributed by atoms with Crippen molar-refractivity contribution in [2.45, 2.75) is 32.1 Å². The van der Waals surface area contributed by atoms with Gasteiger partial charge < -0.3 is 0 Å². The molecule has 1 aromatic rings. The fourth-order valence-corrected chi connectivity index (χ4v) is 4.36. The van der Waals surface area contributed by atoms with Crippen LogP contribution in [0.2, 0.25) is 0 Å². The Balaban J connectivity index is 1.36. The molecule has 0 aliphatic heterocycles. The summed E-state index contributed by atoms with van der Waals surface area (Å²) in [5, 5.41) is 4.12. The Morgan fingerprint density at radius 1 is 1.29 bits per heavy atom. The Kier molecular flexibility index (Phi) is 3.18. The van der Waals surface area contributed by atoms with Crippen LogP contribution in [0.1, 0.15) is 37.7 Å². The lowest BCUT2D eigenvalue weighted by molar-refractivity contribution is -0.123. The lowest BCUT2D eigenvalue weighted by Crippen LogP contribution is -2.25. The molecule has 110 valence electrons. The summed E-state index contributed by atoms with van der Waals surface area (Å²) in [6.45, 7) is 0. The first-order valence-electron chi connectivity index (χ1n) is 7.78. The lowest BCUT2D eigenvalue weighted by Gasteiger charge is -2.14. The second-order valence-corrected chi connectivity index (χ2v) is 7.62. The van der Waals surface area contributed by atoms with Crippen LogP contribution in [-0.2, 0) is 4.79 Å². The zero-order valence-corrected chi connectivity index (χ0v) is 13.5. The van der Waals surface area contributed by atoms with Crippen molar-refractivity contribution in [3.05, 3.63) is 34.3 Å². The largest absolute Gasteiger partial charge is 0.273 e. The second kappa shape index (κ2) is 4.94. The van der Waals surface area contributed by atoms with Gasteiger partial charge in [-0.25, -0.2) is 5.43 Å². The molecule has 21 heavy (non-hydrogen) atoms. The molecule has 0 spiro atoms. The SMILES string of the molecule is O=C(NN=Cc1cccc(Br)c1)[C@H]1CC1(C1CC1)C1CC1. The molecule has 0 aromatic heterocycles. The van der Waals surface area contributed by atoms with Crippen molar-refractivity contribution in [2.75, 3.05) is 0 Å². The van der Waals surface area contributed by atoms with E-state index in [1.807, 2.05) is 24.3 Å². The van der Waals surface area contributed by atoms with Crippen LogP contribution in [0.4, 0.5) is 0 Å². The van der Waals surface area contributed by atoms with Crippen molar-refractivity contribution in [1.29, 1.82) is 0 Å². The van der Waals surface area contributed by atoms with Crippen molar-refractivity contribution in [2.24, 2.45) is 28.3 Å². The van der Waals surface area contributed by atoms with Crippen LogP contribution in [-0.4, -0.2) is 12.1 Å². The van der Waals surface area contributed by atoms with Crippen molar-refractivity contribution in [3.63, 3.8) is 0 Å². The van der Waals surface area contributed by atoms with E-state index in [-0.39, 0.29) is 11.8 Å². The van der Waals surface area contributed by atoms with E-state index in [2.05, 4.69) is 26.5 Å². The van der Waals surface area contributed by atoms with Crippen molar-refractivity contribution < 1.29 is 4.79 Å². The smallest absolute Gasteiger partial charge is 0.243 e. The zero-order valence-electron chi connectivity index (χ0n) is 11.9. The number of carbonyl (C=O) groups excluding carboxylic acids is 1. The van der Waals surface area contributed by atoms with E-state index in [9.17, 15) is 4.79 Å². The molecule has 3 aliphatic rings. The summed E-state index contributed by atoms with van der Waals surface area (Å²) in [7, 11) is 0. The highest BCUT2D eigenvalue weighted by Gasteiger charge is 2.70. The zero-order chi connectivity index (χ0) is 14.4. The van der Waals surface area contributed by atoms with E-state index in [1.54, 1.807) is 6.21 Å². The number of carbonyl (C=O) groups is 1. The van der Waals surface area contributed by atoms with E-state index in [0.29, 0.717) is 5.41 Å². The summed E-state index contributed by atoms with van der Waals surface area (Å²) < 4.78 is 1.02. The Morgan fingerprint density at radius 2 is 2.00 bits per heavy atom. The van der Waals surface area contributed by atoms with Gasteiger partial charge in [-0.05, 0) is 67.1 Å². The Hall–Kier alpha value is -1.16. The van der Waals surface area contributed by atoms with E-state index in [1.165, 1.54) is 25.7 Å². The van der Waals surface area contributed by atoms with Gasteiger partial charge in [0.2, 0.25) is 5.91 Å². The molecule has 1 amide bonds. The Bertz CT molecular complexity index is 593. The normalized spacial score (nSPS) is 26.8. The number of rotatable bonds is 5. The molecule has 4 heteroatoms. The molecule has 0 heterocycles. The van der Waals surface area contributed by atoms with Gasteiger partial charge in [0.25, 0.3) is 0 Å². The average molecular weight is 347 g/mol. The van der Waals surface area contributed by atoms with Crippen LogP contribution in [0.15, 0.2) is 33.8 Å². The van der Waals surface area contributed by atoms with Crippen LogP contribution in [0, 0.1) is 23.2 Å². The number of nitrogens with one attached hydrogen (secondary N) is 1. The van der Waals surface area contributed by atoms with Gasteiger partial charge in [-0.15, -0.1) is 0 Å². The highest BCUT2D eigenvalue weighted by molar-refractivity contribution is 9.10. The average Bonchev–Trinajstić information content (AvgIpc) is 3.33. The summed E-state index contributed by atoms with van der Waals surface area (Å²) >= 11 is 3.43. The van der Waals surface area contributed by atoms with Crippen molar-refractivity contribution >= 4 is 28.1 Å². The molecule has 0 unspecified atom stereocenters. The summed E-state index contributed by atoms with van der Waals surface area (Å²) in [6, 6.07) is 7.88. The molecular weight excluding hydrogens is 328 g/mol. The predicted molar refractivity (Wildman–Crippen MR) is 85.9 cm³/mol. The maximum absolute atomic E-state index is 12.3. The third kappa shape index (κ3) is 2.54. The van der Waals surface area contributed by atoms with Gasteiger partial charge >= 0.3 is 0 Å². The standard InChI is InChI=1S/C17H19BrN2O/c18-14-3-1-2-11(8-14)10-19-20-16(21)15-9-17(15,12-4-5-12)13-6-7-13/h1-3,8,10,12-13,15H,4-7,9H2,(H,20,21)/t15-/m1/s1. The number of nitrogens with zero attached hydrogens (tertiary/aromatic N) is 1. The summed E-state index contributed by atoms with van der Waals surface area (Å²) in [6.07, 6.45) is 8.15. The number of halogens is 1. The van der Waals surface area contributed by atoms with Gasteiger partial charge in [0.1, 0.15) is 0 Å². The van der Waals surface area contributed by atoms with Crippen LogP contribution in [0.3, 0.4) is 0 Å². The number of hydrogen-bond acceptors (Lipinski definition) is 2. The highest BCUT2D eigenvalue weighted by Crippen LogP contribution is 2.74. The number of hydrazone groups is 1. The number of benzene rings is 1. The van der Waals surface area contributed by atoms with E-state index in [4.69, 9.17) is 0 Å². The fourth-order valence-electron chi connectivity index (χ4n) is 3.94. The maximum atomic E-state index is 12.3. The number of hydrogen-bond donors (Lipinski definition) is 1. The molecule has 0 bridgehead atoms. The van der Waals surface area contributed by atoms with Gasteiger partial charge in [0.15, 0.2) is 0 Å². The molecule has 0 radical (unpaired) electrons. The maximum Gasteiger partial charge on any atom is 0.243 e. The van der Waals surface area contributed by atoms with Crippen LogP contribution < -0.4 is 5.43 Å². The predicted octanol–water partition coefficient (Wildman–Crippen LogP) is 3.73. The number of amides is 1. The molecule has 1 N–H and O–H groups in total. The van der Waals surface area contributed by atoms with Gasteiger partial charge in [0.05, 0.1) is 6.21 Å². The summed E-state index contributed by atoms with van der Waals surface area (Å²) in [4.78, 5) is 12.3. The quantitative estimate of drug-likeness (QED) is 0.640. The van der Waals surface area contributed by atoms with Crippen LogP contribution >= 0.6 is 15.9 Å². The minimum absolute atomic E-state index is 0.125. The van der Waals surface area contributed by atoms with Crippen molar-refractivity contribution in [1.82, 2.24) is 5.43 Å². The minimum Gasteiger partial charge on any atom is -0.273 e. The van der Waals surface area contributed by atoms with Crippen LogP contribution in [0.5, 0.6) is 0 Å². The Labute approximate surface area is 133 Å². The van der Waals surface area contributed by atoms with Gasteiger partial charge in [-0.1, -0.05) is 28.1 Å². The van der Waals surface area contributed by atoms with E-state index in [0.717, 1.165) is 28.3 Å². The molecule has 3 saturated carbocycles. The van der Waals surface area contributed by atoms with Crippen molar-refractivity contribution in [3.8, 4) is 0 Å². The second-order valence-electron chi connectivity index (χ2n) is 6.71. The molecule has 0 saturated heterocycles. The van der Waals surface area contributed by atoms with E-state index >= 15 is 0 Å². The first kappa shape index (κ1) is 13.5. The first-order valence-corrected chi connectivity index (χ1v) is 8.58. The topological polar surface area (TPSA) is 41.5 Å². The first-order chi connectivity index (χ1) is 10.2. The molecule has 4 rings (SSSR count). The third-order valence-electron chi connectivity index (χ3n) is 5.27. The lowest BCUT2D eigenvalue weighted by atomic mass is 9.91. The van der Waals surface area contributed by atoms with Gasteiger partial charge in [-0.2, -0.15) is 5.10 Å². The fraction of sp³-hybridized carbons (Fsp3) is 0.529. The monoisotopic (exact) mass is 346 g/mol. The van der Waals surface area contributed by atoms with Crippen LogP contribution in [0.25, 0.3) is 0 Å². The molecule has 3 fully saturated rings.